The van der Waals surface area contributed by atoms with Gasteiger partial charge in [-0.2, -0.15) is 0 Å². The zero-order valence-corrected chi connectivity index (χ0v) is 19.3. The molecule has 3 aromatic rings. The van der Waals surface area contributed by atoms with Crippen LogP contribution in [0.2, 0.25) is 5.02 Å². The van der Waals surface area contributed by atoms with E-state index in [1.165, 1.54) is 4.90 Å². The van der Waals surface area contributed by atoms with Crippen LogP contribution in [0.5, 0.6) is 11.5 Å². The minimum atomic E-state index is -0.393. The number of anilines is 1. The average Bonchev–Trinajstić information content (AvgIpc) is 3.05. The van der Waals surface area contributed by atoms with Gasteiger partial charge in [-0.1, -0.05) is 35.9 Å². The van der Waals surface area contributed by atoms with Gasteiger partial charge in [-0.25, -0.2) is 0 Å². The highest BCUT2D eigenvalue weighted by atomic mass is 35.5. The van der Waals surface area contributed by atoms with Crippen molar-refractivity contribution in [3.8, 4) is 11.5 Å². The molecule has 0 atom stereocenters. The van der Waals surface area contributed by atoms with Crippen LogP contribution in [-0.4, -0.2) is 30.9 Å². The van der Waals surface area contributed by atoms with Gasteiger partial charge in [-0.05, 0) is 66.1 Å². The second-order valence-electron chi connectivity index (χ2n) is 7.61. The Morgan fingerprint density at radius 1 is 0.848 bits per heavy atom. The third kappa shape index (κ3) is 4.56. The maximum atomic E-state index is 13.5. The lowest BCUT2D eigenvalue weighted by Gasteiger charge is -2.16. The van der Waals surface area contributed by atoms with Crippen molar-refractivity contribution in [3.05, 3.63) is 94.1 Å². The zero-order chi connectivity index (χ0) is 23.5. The van der Waals surface area contributed by atoms with Gasteiger partial charge in [0.25, 0.3) is 11.8 Å². The number of nitrogens with one attached hydrogen (secondary N) is 1. The fourth-order valence-electron chi connectivity index (χ4n) is 3.68. The Balaban J connectivity index is 1.72. The Morgan fingerprint density at radius 3 is 2.03 bits per heavy atom. The summed E-state index contributed by atoms with van der Waals surface area (Å²) in [7, 11) is 3.16. The highest BCUT2D eigenvalue weighted by Crippen LogP contribution is 2.33. The Bertz CT molecular complexity index is 1230. The number of hydrogen-bond acceptors (Lipinski definition) is 5. The lowest BCUT2D eigenvalue weighted by atomic mass is 10.0. The maximum Gasteiger partial charge on any atom is 0.278 e. The van der Waals surface area contributed by atoms with Crippen LogP contribution >= 0.6 is 11.6 Å². The Kier molecular flexibility index (Phi) is 6.38. The van der Waals surface area contributed by atoms with E-state index in [-0.39, 0.29) is 18.1 Å². The number of nitrogens with zero attached hydrogens (tertiary/aromatic N) is 1. The molecule has 168 valence electrons. The summed E-state index contributed by atoms with van der Waals surface area (Å²) in [5, 5.41) is 3.78. The van der Waals surface area contributed by atoms with Crippen LogP contribution < -0.4 is 14.8 Å². The van der Waals surface area contributed by atoms with E-state index in [1.54, 1.807) is 68.8 Å². The molecule has 0 unspecified atom stereocenters. The van der Waals surface area contributed by atoms with Crippen LogP contribution in [0.4, 0.5) is 5.69 Å². The van der Waals surface area contributed by atoms with Crippen molar-refractivity contribution < 1.29 is 19.1 Å². The third-order valence-electron chi connectivity index (χ3n) is 5.49. The van der Waals surface area contributed by atoms with Crippen molar-refractivity contribution in [1.29, 1.82) is 0 Å². The molecule has 0 fully saturated rings. The second kappa shape index (κ2) is 9.38. The standard InChI is InChI=1S/C26H23ClN2O4/c1-16-14-19(27)8-13-22(16)28-24-23(18-6-11-21(33-3)12-7-18)25(30)29(26(24)31)15-17-4-9-20(32-2)10-5-17/h4-14,28H,15H2,1-3H3. The summed E-state index contributed by atoms with van der Waals surface area (Å²) in [5.41, 5.74) is 3.54. The molecule has 0 saturated carbocycles. The van der Waals surface area contributed by atoms with Crippen molar-refractivity contribution >= 4 is 34.7 Å². The number of methoxy groups -OCH3 is 2. The number of rotatable bonds is 7. The molecule has 0 radical (unpaired) electrons. The zero-order valence-electron chi connectivity index (χ0n) is 18.5. The highest BCUT2D eigenvalue weighted by molar-refractivity contribution is 6.36. The van der Waals surface area contributed by atoms with Crippen LogP contribution in [-0.2, 0) is 16.1 Å². The smallest absolute Gasteiger partial charge is 0.278 e. The molecular weight excluding hydrogens is 440 g/mol. The van der Waals surface area contributed by atoms with E-state index in [1.807, 2.05) is 19.1 Å². The molecule has 0 saturated heterocycles. The summed E-state index contributed by atoms with van der Waals surface area (Å²) in [6.45, 7) is 2.03. The van der Waals surface area contributed by atoms with Gasteiger partial charge in [0.1, 0.15) is 17.2 Å². The van der Waals surface area contributed by atoms with E-state index in [4.69, 9.17) is 21.1 Å². The normalized spacial score (nSPS) is 13.5. The summed E-state index contributed by atoms with van der Waals surface area (Å²) < 4.78 is 10.4. The topological polar surface area (TPSA) is 67.9 Å². The highest BCUT2D eigenvalue weighted by Gasteiger charge is 2.39. The van der Waals surface area contributed by atoms with Crippen LogP contribution in [0.25, 0.3) is 5.57 Å². The first-order chi connectivity index (χ1) is 15.9. The summed E-state index contributed by atoms with van der Waals surface area (Å²) in [5.74, 6) is 0.607. The second-order valence-corrected chi connectivity index (χ2v) is 8.04. The third-order valence-corrected chi connectivity index (χ3v) is 5.73. The minimum absolute atomic E-state index is 0.145. The molecule has 1 heterocycles. The van der Waals surface area contributed by atoms with Gasteiger partial charge in [-0.3, -0.25) is 14.5 Å². The summed E-state index contributed by atoms with van der Waals surface area (Å²) >= 11 is 6.08. The van der Waals surface area contributed by atoms with Crippen LogP contribution in [0.3, 0.4) is 0 Å². The van der Waals surface area contributed by atoms with Crippen LogP contribution in [0, 0.1) is 6.92 Å². The Morgan fingerprint density at radius 2 is 1.45 bits per heavy atom. The van der Waals surface area contributed by atoms with Crippen LogP contribution in [0.1, 0.15) is 16.7 Å². The minimum Gasteiger partial charge on any atom is -0.497 e. The van der Waals surface area contributed by atoms with Crippen molar-refractivity contribution in [1.82, 2.24) is 4.90 Å². The molecule has 2 amide bonds. The molecule has 0 spiro atoms. The summed E-state index contributed by atoms with van der Waals surface area (Å²) in [6, 6.07) is 19.7. The first-order valence-electron chi connectivity index (χ1n) is 10.3. The maximum absolute atomic E-state index is 13.5. The van der Waals surface area contributed by atoms with Gasteiger partial charge < -0.3 is 14.8 Å². The van der Waals surface area contributed by atoms with Gasteiger partial charge in [0.2, 0.25) is 0 Å². The fraction of sp³-hybridized carbons (Fsp3) is 0.154. The van der Waals surface area contributed by atoms with E-state index < -0.39 is 5.91 Å². The number of carbonyl (C=O) groups is 2. The van der Waals surface area contributed by atoms with Crippen molar-refractivity contribution in [2.24, 2.45) is 0 Å². The first kappa shape index (κ1) is 22.4. The Hall–Kier alpha value is -3.77. The van der Waals surface area contributed by atoms with E-state index in [2.05, 4.69) is 5.32 Å². The molecule has 3 aromatic carbocycles. The molecule has 4 rings (SSSR count). The molecular formula is C26H23ClN2O4. The molecule has 7 heteroatoms. The number of carbonyl (C=O) groups excluding carboxylic acids is 2. The lowest BCUT2D eigenvalue weighted by Crippen LogP contribution is -2.32. The number of hydrogen-bond donors (Lipinski definition) is 1. The molecule has 1 aliphatic heterocycles. The number of aryl methyl sites for hydroxylation is 1. The SMILES string of the molecule is COc1ccc(CN2C(=O)C(Nc3ccc(Cl)cc3C)=C(c3ccc(OC)cc3)C2=O)cc1. The lowest BCUT2D eigenvalue weighted by molar-refractivity contribution is -0.137. The van der Waals surface area contributed by atoms with E-state index in [0.29, 0.717) is 33.3 Å². The van der Waals surface area contributed by atoms with E-state index >= 15 is 0 Å². The van der Waals surface area contributed by atoms with E-state index in [9.17, 15) is 9.59 Å². The molecule has 1 N–H and O–H groups in total. The van der Waals surface area contributed by atoms with Gasteiger partial charge in [-0.15, -0.1) is 0 Å². The van der Waals surface area contributed by atoms with Gasteiger partial charge in [0, 0.05) is 10.7 Å². The predicted molar refractivity (Wildman–Crippen MR) is 128 cm³/mol. The predicted octanol–water partition coefficient (Wildman–Crippen LogP) is 5.06. The number of ether oxygens (including phenoxy) is 2. The molecule has 0 aromatic heterocycles. The average molecular weight is 463 g/mol. The largest absolute Gasteiger partial charge is 0.497 e. The van der Waals surface area contributed by atoms with Gasteiger partial charge >= 0.3 is 0 Å². The fourth-order valence-corrected chi connectivity index (χ4v) is 3.90. The van der Waals surface area contributed by atoms with Crippen molar-refractivity contribution in [2.75, 3.05) is 19.5 Å². The number of amides is 2. The molecule has 0 aliphatic carbocycles. The quantitative estimate of drug-likeness (QED) is 0.497. The summed E-state index contributed by atoms with van der Waals surface area (Å²) in [4.78, 5) is 28.2. The van der Waals surface area contributed by atoms with Crippen molar-refractivity contribution in [3.63, 3.8) is 0 Å². The van der Waals surface area contributed by atoms with Crippen LogP contribution in [0.15, 0.2) is 72.4 Å². The number of halogens is 1. The molecule has 1 aliphatic rings. The van der Waals surface area contributed by atoms with E-state index in [0.717, 1.165) is 11.1 Å². The van der Waals surface area contributed by atoms with Crippen molar-refractivity contribution in [2.45, 2.75) is 13.5 Å². The van der Waals surface area contributed by atoms with Gasteiger partial charge in [0.15, 0.2) is 0 Å². The summed E-state index contributed by atoms with van der Waals surface area (Å²) in [6.07, 6.45) is 0. The van der Waals surface area contributed by atoms with Gasteiger partial charge in [0.05, 0.1) is 26.3 Å². The number of imide groups is 1. The first-order valence-corrected chi connectivity index (χ1v) is 10.7. The molecule has 6 nitrogen and oxygen atoms in total. The molecule has 0 bridgehead atoms. The Labute approximate surface area is 197 Å². The number of benzene rings is 3. The molecule has 33 heavy (non-hydrogen) atoms. The monoisotopic (exact) mass is 462 g/mol.